The molecule has 0 amide bonds. The third-order valence-electron chi connectivity index (χ3n) is 5.17. The van der Waals surface area contributed by atoms with E-state index in [9.17, 15) is 4.79 Å². The Hall–Kier alpha value is -2.56. The number of pyridine rings is 1. The quantitative estimate of drug-likeness (QED) is 0.768. The van der Waals surface area contributed by atoms with Crippen LogP contribution in [0.2, 0.25) is 0 Å². The molecule has 0 aliphatic carbocycles. The highest BCUT2D eigenvalue weighted by molar-refractivity contribution is 5.53. The summed E-state index contributed by atoms with van der Waals surface area (Å²) in [5, 5.41) is 4.29. The number of rotatable bonds is 1. The number of aromatic nitrogens is 3. The van der Waals surface area contributed by atoms with E-state index < -0.39 is 0 Å². The molecule has 1 atom stereocenters. The van der Waals surface area contributed by atoms with Crippen LogP contribution in [0.15, 0.2) is 23.1 Å². The van der Waals surface area contributed by atoms with Crippen molar-refractivity contribution in [1.82, 2.24) is 14.8 Å². The largest absolute Gasteiger partial charge is 0.375 e. The maximum atomic E-state index is 12.4. The summed E-state index contributed by atoms with van der Waals surface area (Å²) in [6, 6.07) is 3.85. The Morgan fingerprint density at radius 1 is 1.35 bits per heavy atom. The van der Waals surface area contributed by atoms with Gasteiger partial charge < -0.3 is 19.4 Å². The van der Waals surface area contributed by atoms with Crippen LogP contribution in [0.1, 0.15) is 23.9 Å². The van der Waals surface area contributed by atoms with Gasteiger partial charge in [-0.25, -0.2) is 0 Å². The zero-order chi connectivity index (χ0) is 18.3. The van der Waals surface area contributed by atoms with Gasteiger partial charge in [0, 0.05) is 25.4 Å². The number of hydrogen-bond donors (Lipinski definition) is 1. The number of aromatic amines is 1. The fraction of sp³-hybridized carbons (Fsp3) is 0.474. The number of hydrogen-bond acceptors (Lipinski definition) is 5. The SMILES string of the molecule is Cc1cc(C#Cc2c[nH]c(=O)c(N3CCOC4(COC4)C3C)c2)n(C)n1. The van der Waals surface area contributed by atoms with E-state index in [1.54, 1.807) is 10.9 Å². The van der Waals surface area contributed by atoms with Crippen molar-refractivity contribution in [3.8, 4) is 11.8 Å². The lowest BCUT2D eigenvalue weighted by Crippen LogP contribution is -2.68. The van der Waals surface area contributed by atoms with Gasteiger partial charge in [-0.3, -0.25) is 9.48 Å². The molecule has 4 heterocycles. The fourth-order valence-electron chi connectivity index (χ4n) is 3.52. The fourth-order valence-corrected chi connectivity index (χ4v) is 3.52. The number of morpholine rings is 1. The summed E-state index contributed by atoms with van der Waals surface area (Å²) in [6.45, 7) is 6.41. The van der Waals surface area contributed by atoms with E-state index in [1.807, 2.05) is 26.1 Å². The first-order valence-corrected chi connectivity index (χ1v) is 8.72. The van der Waals surface area contributed by atoms with Crippen molar-refractivity contribution in [2.24, 2.45) is 7.05 Å². The number of H-pyrrole nitrogens is 1. The zero-order valence-electron chi connectivity index (χ0n) is 15.2. The summed E-state index contributed by atoms with van der Waals surface area (Å²) >= 11 is 0. The van der Waals surface area contributed by atoms with E-state index in [0.717, 1.165) is 17.0 Å². The Morgan fingerprint density at radius 2 is 2.15 bits per heavy atom. The molecule has 0 saturated carbocycles. The average molecular weight is 354 g/mol. The number of ether oxygens (including phenoxy) is 2. The molecular weight excluding hydrogens is 332 g/mol. The molecule has 0 bridgehead atoms. The summed E-state index contributed by atoms with van der Waals surface area (Å²) in [5.41, 5.74) is 2.72. The first-order chi connectivity index (χ1) is 12.5. The maximum Gasteiger partial charge on any atom is 0.271 e. The van der Waals surface area contributed by atoms with Crippen molar-refractivity contribution < 1.29 is 9.47 Å². The van der Waals surface area contributed by atoms with E-state index in [-0.39, 0.29) is 17.2 Å². The summed E-state index contributed by atoms with van der Waals surface area (Å²) in [7, 11) is 1.87. The van der Waals surface area contributed by atoms with Crippen LogP contribution in [0.5, 0.6) is 0 Å². The minimum Gasteiger partial charge on any atom is -0.375 e. The third-order valence-corrected chi connectivity index (χ3v) is 5.17. The van der Waals surface area contributed by atoms with Crippen LogP contribution in [0.25, 0.3) is 0 Å². The normalized spacial score (nSPS) is 21.2. The van der Waals surface area contributed by atoms with E-state index in [0.29, 0.717) is 32.1 Å². The topological polar surface area (TPSA) is 72.4 Å². The molecule has 2 fully saturated rings. The predicted octanol–water partition coefficient (Wildman–Crippen LogP) is 0.811. The highest BCUT2D eigenvalue weighted by Gasteiger charge is 2.50. The van der Waals surface area contributed by atoms with Gasteiger partial charge in [0.05, 0.1) is 31.6 Å². The molecule has 2 aromatic heterocycles. The van der Waals surface area contributed by atoms with Crippen molar-refractivity contribution in [2.45, 2.75) is 25.5 Å². The standard InChI is InChI=1S/C19H22N4O3/c1-13-8-16(22(3)21-13)5-4-15-9-17(18(24)20-10-15)23-6-7-26-19(14(23)2)11-25-12-19/h8-10,14H,6-7,11-12H2,1-3H3,(H,20,24). The molecule has 1 N–H and O–H groups in total. The van der Waals surface area contributed by atoms with Crippen LogP contribution >= 0.6 is 0 Å². The first kappa shape index (κ1) is 16.9. The van der Waals surface area contributed by atoms with Crippen LogP contribution in [-0.4, -0.2) is 52.8 Å². The second-order valence-corrected chi connectivity index (χ2v) is 6.92. The molecule has 1 spiro atoms. The molecule has 136 valence electrons. The molecule has 2 aromatic rings. The van der Waals surface area contributed by atoms with Gasteiger partial charge in [0.25, 0.3) is 5.56 Å². The smallest absolute Gasteiger partial charge is 0.271 e. The van der Waals surface area contributed by atoms with Gasteiger partial charge in [-0.15, -0.1) is 0 Å². The molecule has 0 radical (unpaired) electrons. The Bertz CT molecular complexity index is 946. The predicted molar refractivity (Wildman–Crippen MR) is 97.3 cm³/mol. The average Bonchev–Trinajstić information content (AvgIpc) is 2.91. The van der Waals surface area contributed by atoms with Crippen LogP contribution in [0.4, 0.5) is 5.69 Å². The lowest BCUT2D eigenvalue weighted by Gasteiger charge is -2.53. The molecule has 2 saturated heterocycles. The van der Waals surface area contributed by atoms with Crippen molar-refractivity contribution in [2.75, 3.05) is 31.3 Å². The Balaban J connectivity index is 1.65. The Labute approximate surface area is 151 Å². The highest BCUT2D eigenvalue weighted by atomic mass is 16.6. The summed E-state index contributed by atoms with van der Waals surface area (Å²) in [5.74, 6) is 6.24. The number of nitrogens with one attached hydrogen (secondary N) is 1. The highest BCUT2D eigenvalue weighted by Crippen LogP contribution is 2.34. The first-order valence-electron chi connectivity index (χ1n) is 8.72. The minimum atomic E-state index is -0.307. The molecular formula is C19H22N4O3. The van der Waals surface area contributed by atoms with Crippen molar-refractivity contribution in [3.63, 3.8) is 0 Å². The maximum absolute atomic E-state index is 12.4. The molecule has 7 heteroatoms. The van der Waals surface area contributed by atoms with Gasteiger partial charge in [-0.1, -0.05) is 5.92 Å². The van der Waals surface area contributed by atoms with E-state index in [4.69, 9.17) is 9.47 Å². The summed E-state index contributed by atoms with van der Waals surface area (Å²) in [4.78, 5) is 17.3. The molecule has 1 unspecified atom stereocenters. The zero-order valence-corrected chi connectivity index (χ0v) is 15.2. The number of anilines is 1. The summed E-state index contributed by atoms with van der Waals surface area (Å²) in [6.07, 6.45) is 1.65. The van der Waals surface area contributed by atoms with Crippen molar-refractivity contribution >= 4 is 5.69 Å². The van der Waals surface area contributed by atoms with Gasteiger partial charge in [-0.2, -0.15) is 5.10 Å². The Kier molecular flexibility index (Phi) is 4.10. The number of nitrogens with zero attached hydrogens (tertiary/aromatic N) is 3. The molecule has 4 rings (SSSR count). The summed E-state index contributed by atoms with van der Waals surface area (Å²) < 4.78 is 13.0. The molecule has 2 aliphatic heterocycles. The monoisotopic (exact) mass is 354 g/mol. The lowest BCUT2D eigenvalue weighted by molar-refractivity contribution is -0.228. The molecule has 2 aliphatic rings. The van der Waals surface area contributed by atoms with Crippen molar-refractivity contribution in [3.05, 3.63) is 45.6 Å². The van der Waals surface area contributed by atoms with E-state index >= 15 is 0 Å². The van der Waals surface area contributed by atoms with Crippen LogP contribution in [0, 0.1) is 18.8 Å². The third kappa shape index (κ3) is 2.81. The van der Waals surface area contributed by atoms with Gasteiger partial charge in [0.15, 0.2) is 0 Å². The van der Waals surface area contributed by atoms with Gasteiger partial charge in [0.1, 0.15) is 17.0 Å². The van der Waals surface area contributed by atoms with Gasteiger partial charge in [-0.05, 0) is 31.9 Å². The molecule has 26 heavy (non-hydrogen) atoms. The second kappa shape index (κ2) is 6.31. The van der Waals surface area contributed by atoms with Crippen LogP contribution in [0.3, 0.4) is 0 Å². The number of aryl methyl sites for hydroxylation is 2. The second-order valence-electron chi connectivity index (χ2n) is 6.92. The van der Waals surface area contributed by atoms with E-state index in [2.05, 4.69) is 33.7 Å². The van der Waals surface area contributed by atoms with Gasteiger partial charge in [0.2, 0.25) is 0 Å². The molecule has 0 aromatic carbocycles. The van der Waals surface area contributed by atoms with Gasteiger partial charge >= 0.3 is 0 Å². The van der Waals surface area contributed by atoms with Crippen LogP contribution < -0.4 is 10.5 Å². The molecule has 7 nitrogen and oxygen atoms in total. The van der Waals surface area contributed by atoms with Crippen molar-refractivity contribution in [1.29, 1.82) is 0 Å². The lowest BCUT2D eigenvalue weighted by atomic mass is 9.90. The van der Waals surface area contributed by atoms with Crippen LogP contribution in [-0.2, 0) is 16.5 Å². The van der Waals surface area contributed by atoms with E-state index in [1.165, 1.54) is 0 Å². The minimum absolute atomic E-state index is 0.0639. The Morgan fingerprint density at radius 3 is 2.81 bits per heavy atom.